The zero-order chi connectivity index (χ0) is 19.3. The normalized spacial score (nSPS) is 11.5. The first-order valence-corrected chi connectivity index (χ1v) is 11.6. The number of alkyl halides is 2. The fraction of sp³-hybridized carbons (Fsp3) is 0.650. The van der Waals surface area contributed by atoms with E-state index in [2.05, 4.69) is 12.1 Å². The molecule has 148 valence electrons. The molecule has 0 saturated carbocycles. The molecule has 0 bridgehead atoms. The number of thioether (sulfide) groups is 1. The minimum Gasteiger partial charge on any atom is -0.464 e. The van der Waals surface area contributed by atoms with E-state index in [-0.39, 0.29) is 0 Å². The van der Waals surface area contributed by atoms with E-state index in [9.17, 15) is 4.79 Å². The second kappa shape index (κ2) is 14.0. The number of carbonyl (C=O) groups is 1. The van der Waals surface area contributed by atoms with Crippen LogP contribution in [0.2, 0.25) is 5.02 Å². The molecule has 0 heterocycles. The van der Waals surface area contributed by atoms with Crippen molar-refractivity contribution in [2.24, 2.45) is 0 Å². The van der Waals surface area contributed by atoms with E-state index in [4.69, 9.17) is 39.5 Å². The van der Waals surface area contributed by atoms with E-state index >= 15 is 0 Å². The fourth-order valence-electron chi connectivity index (χ4n) is 2.53. The minimum atomic E-state index is -1.40. The molecule has 0 radical (unpaired) electrons. The summed E-state index contributed by atoms with van der Waals surface area (Å²) in [5.41, 5.74) is 1.36. The highest BCUT2D eigenvalue weighted by molar-refractivity contribution is 7.99. The Morgan fingerprint density at radius 3 is 2.23 bits per heavy atom. The van der Waals surface area contributed by atoms with Gasteiger partial charge in [-0.15, -0.1) is 0 Å². The molecule has 0 N–H and O–H groups in total. The number of ether oxygens (including phenoxy) is 1. The summed E-state index contributed by atoms with van der Waals surface area (Å²) < 4.78 is 3.47. The van der Waals surface area contributed by atoms with Crippen LogP contribution in [0.5, 0.6) is 0 Å². The lowest BCUT2D eigenvalue weighted by Gasteiger charge is -2.17. The predicted molar refractivity (Wildman–Crippen MR) is 116 cm³/mol. The SMILES string of the molecule is CCOC(=O)C(Cl)(Cl)CCCCCSCCCCCc1ccc(Cl)cc1. The van der Waals surface area contributed by atoms with E-state index in [1.54, 1.807) is 6.92 Å². The zero-order valence-electron chi connectivity index (χ0n) is 15.4. The first-order chi connectivity index (χ1) is 12.5. The summed E-state index contributed by atoms with van der Waals surface area (Å²) in [5, 5.41) is 0.800. The second-order valence-electron chi connectivity index (χ2n) is 6.29. The molecule has 0 spiro atoms. The highest BCUT2D eigenvalue weighted by Gasteiger charge is 2.34. The van der Waals surface area contributed by atoms with Crippen molar-refractivity contribution >= 4 is 52.5 Å². The van der Waals surface area contributed by atoms with Crippen LogP contribution in [0.15, 0.2) is 24.3 Å². The molecular weight excluding hydrogens is 411 g/mol. The van der Waals surface area contributed by atoms with Crippen molar-refractivity contribution < 1.29 is 9.53 Å². The van der Waals surface area contributed by atoms with Gasteiger partial charge in [0.05, 0.1) is 6.61 Å². The molecule has 0 unspecified atom stereocenters. The molecule has 1 rings (SSSR count). The van der Waals surface area contributed by atoms with Gasteiger partial charge in [-0.3, -0.25) is 0 Å². The van der Waals surface area contributed by atoms with E-state index in [0.29, 0.717) is 13.0 Å². The number of esters is 1. The summed E-state index contributed by atoms with van der Waals surface area (Å²) >= 11 is 19.9. The van der Waals surface area contributed by atoms with Crippen molar-refractivity contribution in [1.82, 2.24) is 0 Å². The second-order valence-corrected chi connectivity index (χ2v) is 9.43. The van der Waals surface area contributed by atoms with Crippen LogP contribution >= 0.6 is 46.6 Å². The first kappa shape index (κ1) is 23.9. The topological polar surface area (TPSA) is 26.3 Å². The smallest absolute Gasteiger partial charge is 0.342 e. The summed E-state index contributed by atoms with van der Waals surface area (Å²) in [7, 11) is 0. The van der Waals surface area contributed by atoms with Gasteiger partial charge in [-0.05, 0) is 74.7 Å². The Bertz CT molecular complexity index is 506. The quantitative estimate of drug-likeness (QED) is 0.176. The molecule has 6 heteroatoms. The Kier molecular flexibility index (Phi) is 12.9. The van der Waals surface area contributed by atoms with Crippen molar-refractivity contribution in [3.05, 3.63) is 34.9 Å². The first-order valence-electron chi connectivity index (χ1n) is 9.33. The molecule has 2 nitrogen and oxygen atoms in total. The monoisotopic (exact) mass is 438 g/mol. The lowest BCUT2D eigenvalue weighted by atomic mass is 10.1. The molecule has 0 saturated heterocycles. The van der Waals surface area contributed by atoms with Crippen LogP contribution in [0.25, 0.3) is 0 Å². The maximum atomic E-state index is 11.6. The lowest BCUT2D eigenvalue weighted by Crippen LogP contribution is -2.28. The van der Waals surface area contributed by atoms with Gasteiger partial charge in [0.25, 0.3) is 0 Å². The number of carbonyl (C=O) groups excluding carboxylic acids is 1. The Balaban J connectivity index is 1.91. The van der Waals surface area contributed by atoms with Crippen molar-refractivity contribution in [3.8, 4) is 0 Å². The number of halogens is 3. The van der Waals surface area contributed by atoms with Gasteiger partial charge in [-0.25, -0.2) is 4.79 Å². The van der Waals surface area contributed by atoms with Crippen molar-refractivity contribution in [3.63, 3.8) is 0 Å². The van der Waals surface area contributed by atoms with Crippen molar-refractivity contribution in [2.45, 2.75) is 62.6 Å². The van der Waals surface area contributed by atoms with Gasteiger partial charge in [0.1, 0.15) is 0 Å². The predicted octanol–water partition coefficient (Wildman–Crippen LogP) is 7.08. The molecule has 0 aliphatic rings. The molecule has 0 fully saturated rings. The van der Waals surface area contributed by atoms with Crippen molar-refractivity contribution in [2.75, 3.05) is 18.1 Å². The number of unbranched alkanes of at least 4 members (excludes halogenated alkanes) is 4. The maximum Gasteiger partial charge on any atom is 0.342 e. The van der Waals surface area contributed by atoms with Crippen LogP contribution in [-0.4, -0.2) is 28.4 Å². The number of hydrogen-bond donors (Lipinski definition) is 0. The summed E-state index contributed by atoms with van der Waals surface area (Å²) in [6.07, 6.45) is 8.32. The fourth-order valence-corrected chi connectivity index (χ4v) is 4.05. The van der Waals surface area contributed by atoms with E-state index < -0.39 is 10.3 Å². The highest BCUT2D eigenvalue weighted by Crippen LogP contribution is 2.29. The molecule has 0 amide bonds. The third-order valence-corrected chi connectivity index (χ3v) is 6.11. The minimum absolute atomic E-state index is 0.302. The van der Waals surface area contributed by atoms with Crippen LogP contribution in [-0.2, 0) is 16.0 Å². The van der Waals surface area contributed by atoms with E-state index in [1.165, 1.54) is 30.6 Å². The zero-order valence-corrected chi connectivity index (χ0v) is 18.5. The summed E-state index contributed by atoms with van der Waals surface area (Å²) in [5.74, 6) is 1.82. The van der Waals surface area contributed by atoms with Crippen molar-refractivity contribution in [1.29, 1.82) is 0 Å². The molecule has 26 heavy (non-hydrogen) atoms. The summed E-state index contributed by atoms with van der Waals surface area (Å²) in [6, 6.07) is 8.13. The lowest BCUT2D eigenvalue weighted by molar-refractivity contribution is -0.144. The summed E-state index contributed by atoms with van der Waals surface area (Å²) in [6.45, 7) is 2.05. The third-order valence-electron chi connectivity index (χ3n) is 4.02. The molecule has 0 aliphatic carbocycles. The van der Waals surface area contributed by atoms with Gasteiger partial charge in [0, 0.05) is 5.02 Å². The third kappa shape index (κ3) is 10.9. The standard InChI is InChI=1S/C20H29Cl3O2S/c1-2-25-19(24)20(22,23)14-6-4-8-16-26-15-7-3-5-9-17-10-12-18(21)13-11-17/h10-13H,2-9,14-16H2,1H3. The number of benzene rings is 1. The van der Waals surface area contributed by atoms with Gasteiger partial charge in [-0.2, -0.15) is 11.8 Å². The average Bonchev–Trinajstić information content (AvgIpc) is 2.61. The summed E-state index contributed by atoms with van der Waals surface area (Å²) in [4.78, 5) is 11.6. The van der Waals surface area contributed by atoms with Gasteiger partial charge in [-0.1, -0.05) is 59.8 Å². The van der Waals surface area contributed by atoms with Crippen LogP contribution in [0.4, 0.5) is 0 Å². The highest BCUT2D eigenvalue weighted by atomic mass is 35.5. The van der Waals surface area contributed by atoms with E-state index in [1.807, 2.05) is 23.9 Å². The van der Waals surface area contributed by atoms with Gasteiger partial charge < -0.3 is 4.74 Å². The van der Waals surface area contributed by atoms with E-state index in [0.717, 1.165) is 36.5 Å². The average molecular weight is 440 g/mol. The van der Waals surface area contributed by atoms with Crippen LogP contribution in [0, 0.1) is 0 Å². The molecule has 0 aliphatic heterocycles. The molecule has 1 aromatic carbocycles. The van der Waals surface area contributed by atoms with Crippen LogP contribution in [0.3, 0.4) is 0 Å². The van der Waals surface area contributed by atoms with Gasteiger partial charge >= 0.3 is 5.97 Å². The Hall–Kier alpha value is -0.0900. The Labute approximate surface area is 177 Å². The maximum absolute atomic E-state index is 11.6. The molecule has 1 aromatic rings. The van der Waals surface area contributed by atoms with Crippen LogP contribution in [0.1, 0.15) is 57.4 Å². The molecule has 0 aromatic heterocycles. The largest absolute Gasteiger partial charge is 0.464 e. The van der Waals surface area contributed by atoms with Gasteiger partial charge in [0.2, 0.25) is 4.33 Å². The van der Waals surface area contributed by atoms with Crippen LogP contribution < -0.4 is 0 Å². The number of rotatable bonds is 14. The number of aryl methyl sites for hydroxylation is 1. The van der Waals surface area contributed by atoms with Gasteiger partial charge in [0.15, 0.2) is 0 Å². The Morgan fingerprint density at radius 1 is 1.00 bits per heavy atom. The molecular formula is C20H29Cl3O2S. The Morgan fingerprint density at radius 2 is 1.62 bits per heavy atom. The molecule has 0 atom stereocenters. The number of hydrogen-bond acceptors (Lipinski definition) is 3.